The number of unbranched alkanes of at least 4 members (excludes halogenated alkanes) is 2. The van der Waals surface area contributed by atoms with E-state index in [2.05, 4.69) is 87.1 Å². The molecule has 0 unspecified atom stereocenters. The number of nitrogens with two attached hydrogens (primary N) is 3. The Bertz CT molecular complexity index is 3920. The molecular formula is C79H122N18O25S. The molecule has 16 amide bonds. The van der Waals surface area contributed by atoms with Crippen molar-refractivity contribution in [3.63, 3.8) is 0 Å². The van der Waals surface area contributed by atoms with Crippen LogP contribution < -0.4 is 91.6 Å². The number of aliphatic carboxylic acids is 3. The number of carboxylic acid groups (broad SMARTS) is 3. The number of aliphatic hydroxyl groups excluding tert-OH is 3. The summed E-state index contributed by atoms with van der Waals surface area (Å²) in [5.74, 6) is -23.1. The molecule has 123 heavy (non-hydrogen) atoms. The maximum Gasteiger partial charge on any atom is 0.328 e. The Labute approximate surface area is 716 Å². The van der Waals surface area contributed by atoms with E-state index >= 15 is 0 Å². The van der Waals surface area contributed by atoms with Crippen molar-refractivity contribution in [3.05, 3.63) is 71.8 Å². The first-order valence-electron chi connectivity index (χ1n) is 40.5. The highest BCUT2D eigenvalue weighted by Gasteiger charge is 2.43. The van der Waals surface area contributed by atoms with Crippen molar-refractivity contribution in [2.24, 2.45) is 35.0 Å². The van der Waals surface area contributed by atoms with Crippen LogP contribution in [0.2, 0.25) is 0 Å². The predicted molar refractivity (Wildman–Crippen MR) is 443 cm³/mol. The summed E-state index contributed by atoms with van der Waals surface area (Å²) in [6.45, 7) is 7.59. The van der Waals surface area contributed by atoms with Gasteiger partial charge in [0, 0.05) is 44.9 Å². The fourth-order valence-electron chi connectivity index (χ4n) is 12.9. The van der Waals surface area contributed by atoms with Gasteiger partial charge in [-0.3, -0.25) is 86.3 Å². The van der Waals surface area contributed by atoms with E-state index in [1.54, 1.807) is 74.5 Å². The largest absolute Gasteiger partial charge is 0.481 e. The Morgan fingerprint density at radius 2 is 0.764 bits per heavy atom. The maximum absolute atomic E-state index is 14.9. The molecule has 1 aliphatic rings. The first-order chi connectivity index (χ1) is 58.1. The standard InChI is InChI=1S/C79H122N18O25S/c1-41(2)33-51(68(110)87-50(24-15-17-31-81)78(120)97-32-18-25-59(97)75(117)85-49(27-29-62(105)106)67(109)95-63(42(3)4)76(118)86-47(23-14-16-30-80)65(107)94-57(39-100)79(121)122)88-69(111)52(34-45-19-10-8-11-20-45)89-66(108)48(26-28-61(103)104)84-72(114)55(37-98)92-70(112)54(36-60(82)102)91-77(119)64(43(5)6)96-71(113)53(35-46-21-12-9-13-22-46)90-73(115)56(38-99)93-74(116)58(40-123)83-44(7)101/h8-13,19-22,41-43,47-59,63-64,98-100,123H,14-18,23-40,80-81H2,1-7H3,(H2,82,102)(H,83,101)(H,84,114)(H,85,117)(H,86,118)(H,87,110)(H,88,111)(H,89,108)(H,90,115)(H,91,119)(H,92,112)(H,93,116)(H,94,107)(H,95,109)(H,96,113)(H,103,104)(H,105,106)(H,121,122)/t47-,48-,49-,50-,51-,52-,53-,54-,55-,56-,57-,58-,59-,63-,64-/m0/s1. The Morgan fingerprint density at radius 1 is 0.415 bits per heavy atom. The summed E-state index contributed by atoms with van der Waals surface area (Å²) in [6, 6.07) is -8.05. The number of nitrogens with zero attached hydrogens (tertiary/aromatic N) is 1. The van der Waals surface area contributed by atoms with Gasteiger partial charge < -0.3 is 127 Å². The van der Waals surface area contributed by atoms with Gasteiger partial charge in [-0.2, -0.15) is 12.6 Å². The third-order valence-electron chi connectivity index (χ3n) is 19.5. The molecule has 0 radical (unpaired) electrons. The first-order valence-corrected chi connectivity index (χ1v) is 41.2. The molecule has 15 atom stereocenters. The molecule has 2 aromatic carbocycles. The van der Waals surface area contributed by atoms with Gasteiger partial charge in [0.25, 0.3) is 0 Å². The van der Waals surface area contributed by atoms with E-state index in [1.807, 2.05) is 0 Å². The SMILES string of the molecule is CC(=O)N[C@@H](CS)C(=O)N[C@@H](CO)C(=O)N[C@@H](Cc1ccccc1)C(=O)N[C@H](C(=O)N[C@@H](CC(N)=O)C(=O)N[C@@H](CO)C(=O)N[C@@H](CCC(=O)O)C(=O)N[C@@H](Cc1ccccc1)C(=O)N[C@@H](CC(C)C)C(=O)N[C@@H](CCCCN)C(=O)N1CCC[C@H]1C(=O)N[C@@H](CCC(=O)O)C(=O)N[C@H](C(=O)N[C@@H](CCCCN)C(=O)N[C@@H](CO)C(=O)O)C(C)C)C(C)C. The molecule has 0 saturated carbocycles. The lowest BCUT2D eigenvalue weighted by molar-refractivity contribution is -0.144. The Balaban J connectivity index is 1.95. The number of carbonyl (C=O) groups excluding carboxylic acids is 16. The van der Waals surface area contributed by atoms with Crippen LogP contribution in [0.1, 0.15) is 149 Å². The van der Waals surface area contributed by atoms with E-state index in [1.165, 1.54) is 27.7 Å². The van der Waals surface area contributed by atoms with Crippen molar-refractivity contribution >= 4 is 125 Å². The second kappa shape index (κ2) is 54.8. The van der Waals surface area contributed by atoms with E-state index in [-0.39, 0.29) is 89.1 Å². The van der Waals surface area contributed by atoms with Crippen molar-refractivity contribution in [2.75, 3.05) is 45.2 Å². The van der Waals surface area contributed by atoms with Crippen LogP contribution in [0.5, 0.6) is 0 Å². The molecule has 26 N–H and O–H groups in total. The number of rotatable bonds is 57. The Kier molecular flexibility index (Phi) is 47.1. The van der Waals surface area contributed by atoms with E-state index in [0.717, 1.165) is 11.8 Å². The number of nitrogens with one attached hydrogen (secondary N) is 14. The van der Waals surface area contributed by atoms with E-state index in [0.29, 0.717) is 24.0 Å². The van der Waals surface area contributed by atoms with E-state index in [9.17, 15) is 122 Å². The van der Waals surface area contributed by atoms with Gasteiger partial charge >= 0.3 is 17.9 Å². The van der Waals surface area contributed by atoms with Crippen LogP contribution in [0.15, 0.2) is 60.7 Å². The number of hydrogen-bond acceptors (Lipinski definition) is 25. The van der Waals surface area contributed by atoms with Crippen LogP contribution in [0, 0.1) is 17.8 Å². The zero-order valence-electron chi connectivity index (χ0n) is 70.0. The molecule has 0 bridgehead atoms. The number of hydrogen-bond donors (Lipinski definition) is 24. The molecule has 0 aliphatic carbocycles. The molecule has 1 saturated heterocycles. The van der Waals surface area contributed by atoms with Gasteiger partial charge in [0.2, 0.25) is 94.5 Å². The highest BCUT2D eigenvalue weighted by molar-refractivity contribution is 7.80. The first kappa shape index (κ1) is 106. The number of carboxylic acids is 3. The quantitative estimate of drug-likeness (QED) is 0.0216. The number of aliphatic hydroxyl groups is 3. The van der Waals surface area contributed by atoms with Gasteiger partial charge in [-0.25, -0.2) is 4.79 Å². The molecule has 0 spiro atoms. The maximum atomic E-state index is 14.9. The van der Waals surface area contributed by atoms with E-state index < -0.39 is 267 Å². The topological polar surface area (TPSA) is 695 Å². The minimum atomic E-state index is -2.07. The minimum absolute atomic E-state index is 0.00113. The third-order valence-corrected chi connectivity index (χ3v) is 19.9. The van der Waals surface area contributed by atoms with Crippen LogP contribution in [-0.2, 0) is 104 Å². The summed E-state index contributed by atoms with van der Waals surface area (Å²) in [5, 5.41) is 93.3. The lowest BCUT2D eigenvalue weighted by atomic mass is 9.99. The Hall–Kier alpha value is -11.5. The number of carbonyl (C=O) groups is 19. The van der Waals surface area contributed by atoms with E-state index in [4.69, 9.17) is 17.2 Å². The molecule has 1 aliphatic heterocycles. The zero-order chi connectivity index (χ0) is 92.3. The molecule has 0 aromatic heterocycles. The van der Waals surface area contributed by atoms with Crippen molar-refractivity contribution < 1.29 is 122 Å². The zero-order valence-corrected chi connectivity index (χ0v) is 70.9. The van der Waals surface area contributed by atoms with Gasteiger partial charge in [0.15, 0.2) is 0 Å². The summed E-state index contributed by atoms with van der Waals surface area (Å²) in [7, 11) is 0. The summed E-state index contributed by atoms with van der Waals surface area (Å²) in [5.41, 5.74) is 17.9. The summed E-state index contributed by atoms with van der Waals surface area (Å²) in [4.78, 5) is 260. The van der Waals surface area contributed by atoms with Crippen molar-refractivity contribution in [2.45, 2.75) is 242 Å². The number of amides is 16. The lowest BCUT2D eigenvalue weighted by Gasteiger charge is -2.31. The number of likely N-dealkylation sites (tertiary alicyclic amines) is 1. The Morgan fingerprint density at radius 3 is 1.18 bits per heavy atom. The van der Waals surface area contributed by atoms with Crippen molar-refractivity contribution in [1.82, 2.24) is 79.3 Å². The third kappa shape index (κ3) is 37.4. The summed E-state index contributed by atoms with van der Waals surface area (Å²) >= 11 is 4.06. The molecule has 1 fully saturated rings. The molecule has 43 nitrogen and oxygen atoms in total. The minimum Gasteiger partial charge on any atom is -0.481 e. The molecule has 44 heteroatoms. The average Bonchev–Trinajstić information content (AvgIpc) is 1.70. The molecule has 2 aromatic rings. The highest BCUT2D eigenvalue weighted by Crippen LogP contribution is 2.22. The number of primary amides is 1. The smallest absolute Gasteiger partial charge is 0.328 e. The van der Waals surface area contributed by atoms with Crippen molar-refractivity contribution in [3.8, 4) is 0 Å². The van der Waals surface area contributed by atoms with Gasteiger partial charge in [0.05, 0.1) is 26.2 Å². The van der Waals surface area contributed by atoms with Crippen molar-refractivity contribution in [1.29, 1.82) is 0 Å². The molecule has 1 heterocycles. The van der Waals surface area contributed by atoms with Gasteiger partial charge in [-0.15, -0.1) is 0 Å². The van der Waals surface area contributed by atoms with Crippen LogP contribution in [0.25, 0.3) is 0 Å². The van der Waals surface area contributed by atoms with Gasteiger partial charge in [-0.1, -0.05) is 102 Å². The molecule has 3 rings (SSSR count). The van der Waals surface area contributed by atoms with Gasteiger partial charge in [-0.05, 0) is 113 Å². The monoisotopic (exact) mass is 1750 g/mol. The fourth-order valence-corrected chi connectivity index (χ4v) is 13.1. The predicted octanol–water partition coefficient (Wildman–Crippen LogP) is -6.52. The fraction of sp³-hybridized carbons (Fsp3) is 0.608. The number of thiol groups is 1. The lowest BCUT2D eigenvalue weighted by Crippen LogP contribution is -2.62. The number of benzene rings is 2. The van der Waals surface area contributed by atoms with Crippen LogP contribution >= 0.6 is 12.6 Å². The van der Waals surface area contributed by atoms with Crippen LogP contribution in [-0.4, -0.2) is 284 Å². The molecule has 684 valence electrons. The second-order valence-corrected chi connectivity index (χ2v) is 31.1. The normalized spacial score (nSPS) is 15.8. The van der Waals surface area contributed by atoms with Gasteiger partial charge in [0.1, 0.15) is 90.6 Å². The summed E-state index contributed by atoms with van der Waals surface area (Å²) in [6.07, 6.45) is -3.10. The average molecular weight is 1760 g/mol. The highest BCUT2D eigenvalue weighted by atomic mass is 32.1. The summed E-state index contributed by atoms with van der Waals surface area (Å²) < 4.78 is 0. The van der Waals surface area contributed by atoms with Crippen LogP contribution in [0.4, 0.5) is 0 Å². The molecular weight excluding hydrogens is 1630 g/mol. The van der Waals surface area contributed by atoms with Crippen LogP contribution in [0.3, 0.4) is 0 Å². The second-order valence-electron chi connectivity index (χ2n) is 30.8.